The second-order valence-corrected chi connectivity index (χ2v) is 4.76. The van der Waals surface area contributed by atoms with Crippen LogP contribution in [0.15, 0.2) is 48.5 Å². The Kier molecular flexibility index (Phi) is 3.34. The smallest absolute Gasteiger partial charge is 0.130 e. The molecule has 0 radical (unpaired) electrons. The van der Waals surface area contributed by atoms with Crippen LogP contribution in [0, 0.1) is 0 Å². The van der Waals surface area contributed by atoms with Crippen molar-refractivity contribution in [2.24, 2.45) is 5.73 Å². The fraction of sp³-hybridized carbons (Fsp3) is 0.176. The molecule has 2 nitrogen and oxygen atoms in total. The van der Waals surface area contributed by atoms with Gasteiger partial charge in [0.05, 0.1) is 0 Å². The van der Waals surface area contributed by atoms with Crippen molar-refractivity contribution in [2.45, 2.75) is 12.5 Å². The molecular formula is C17H17NO. The zero-order valence-corrected chi connectivity index (χ0v) is 10.8. The standard InChI is InChI=1S/C17H17NO/c18-12-16-11-15-8-4-7-14(17(15)19-16)10-9-13-5-2-1-3-6-13/h1-10,16H,11-12,18H2/b10-9+. The lowest BCUT2D eigenvalue weighted by molar-refractivity contribution is 0.241. The number of fused-ring (bicyclic) bond motifs is 1. The van der Waals surface area contributed by atoms with Crippen molar-refractivity contribution >= 4 is 12.2 Å². The molecule has 0 aromatic heterocycles. The molecule has 1 atom stereocenters. The van der Waals surface area contributed by atoms with Crippen LogP contribution in [-0.2, 0) is 6.42 Å². The molecule has 2 heteroatoms. The third-order valence-corrected chi connectivity index (χ3v) is 3.38. The van der Waals surface area contributed by atoms with E-state index in [2.05, 4.69) is 42.5 Å². The van der Waals surface area contributed by atoms with Gasteiger partial charge in [-0.25, -0.2) is 0 Å². The van der Waals surface area contributed by atoms with Gasteiger partial charge in [-0.1, -0.05) is 60.7 Å². The van der Waals surface area contributed by atoms with Crippen molar-refractivity contribution in [2.75, 3.05) is 6.54 Å². The van der Waals surface area contributed by atoms with Gasteiger partial charge in [0.25, 0.3) is 0 Å². The van der Waals surface area contributed by atoms with E-state index in [0.717, 1.165) is 17.7 Å². The molecule has 0 saturated heterocycles. The highest BCUT2D eigenvalue weighted by molar-refractivity contribution is 5.73. The van der Waals surface area contributed by atoms with Crippen LogP contribution < -0.4 is 10.5 Å². The minimum Gasteiger partial charge on any atom is -0.488 e. The lowest BCUT2D eigenvalue weighted by Gasteiger charge is -2.08. The van der Waals surface area contributed by atoms with E-state index in [1.165, 1.54) is 11.1 Å². The quantitative estimate of drug-likeness (QED) is 0.851. The van der Waals surface area contributed by atoms with Gasteiger partial charge in [0.15, 0.2) is 0 Å². The second kappa shape index (κ2) is 5.29. The van der Waals surface area contributed by atoms with Crippen molar-refractivity contribution in [1.29, 1.82) is 0 Å². The molecule has 3 rings (SSSR count). The molecule has 0 spiro atoms. The SMILES string of the molecule is NCC1Cc2cccc(/C=C/c3ccccc3)c2O1. The van der Waals surface area contributed by atoms with Crippen LogP contribution in [-0.4, -0.2) is 12.6 Å². The van der Waals surface area contributed by atoms with Gasteiger partial charge in [0, 0.05) is 18.5 Å². The van der Waals surface area contributed by atoms with E-state index in [1.54, 1.807) is 0 Å². The van der Waals surface area contributed by atoms with Gasteiger partial charge < -0.3 is 10.5 Å². The van der Waals surface area contributed by atoms with E-state index in [0.29, 0.717) is 6.54 Å². The predicted octanol–water partition coefficient (Wildman–Crippen LogP) is 3.12. The molecule has 0 saturated carbocycles. The summed E-state index contributed by atoms with van der Waals surface area (Å²) in [5, 5.41) is 0. The zero-order valence-electron chi connectivity index (χ0n) is 10.8. The third kappa shape index (κ3) is 2.54. The topological polar surface area (TPSA) is 35.2 Å². The number of hydrogen-bond donors (Lipinski definition) is 1. The largest absolute Gasteiger partial charge is 0.488 e. The molecule has 2 aromatic carbocycles. The van der Waals surface area contributed by atoms with Crippen LogP contribution in [0.4, 0.5) is 0 Å². The summed E-state index contributed by atoms with van der Waals surface area (Å²) in [6, 6.07) is 16.5. The minimum atomic E-state index is 0.126. The Bertz CT molecular complexity index is 589. The van der Waals surface area contributed by atoms with Crippen molar-refractivity contribution in [1.82, 2.24) is 0 Å². The molecule has 1 heterocycles. The van der Waals surface area contributed by atoms with E-state index < -0.39 is 0 Å². The van der Waals surface area contributed by atoms with Gasteiger partial charge in [0.2, 0.25) is 0 Å². The van der Waals surface area contributed by atoms with Gasteiger partial charge in [-0.05, 0) is 11.1 Å². The van der Waals surface area contributed by atoms with Crippen molar-refractivity contribution in [3.05, 3.63) is 65.2 Å². The lowest BCUT2D eigenvalue weighted by Crippen LogP contribution is -2.24. The Morgan fingerprint density at radius 1 is 1.05 bits per heavy atom. The van der Waals surface area contributed by atoms with Gasteiger partial charge in [-0.15, -0.1) is 0 Å². The Morgan fingerprint density at radius 3 is 2.68 bits per heavy atom. The summed E-state index contributed by atoms with van der Waals surface area (Å²) in [4.78, 5) is 0. The average molecular weight is 251 g/mol. The van der Waals surface area contributed by atoms with Crippen LogP contribution in [0.1, 0.15) is 16.7 Å². The highest BCUT2D eigenvalue weighted by Gasteiger charge is 2.22. The highest BCUT2D eigenvalue weighted by atomic mass is 16.5. The van der Waals surface area contributed by atoms with Crippen molar-refractivity contribution in [3.8, 4) is 5.75 Å². The average Bonchev–Trinajstić information content (AvgIpc) is 2.90. The first kappa shape index (κ1) is 12.0. The lowest BCUT2D eigenvalue weighted by atomic mass is 10.1. The Morgan fingerprint density at radius 2 is 1.89 bits per heavy atom. The molecule has 96 valence electrons. The summed E-state index contributed by atoms with van der Waals surface area (Å²) < 4.78 is 5.90. The molecule has 0 fully saturated rings. The van der Waals surface area contributed by atoms with E-state index >= 15 is 0 Å². The predicted molar refractivity (Wildman–Crippen MR) is 79.0 cm³/mol. The molecule has 1 aliphatic heterocycles. The molecule has 0 aliphatic carbocycles. The maximum atomic E-state index is 5.90. The number of benzene rings is 2. The molecule has 0 bridgehead atoms. The van der Waals surface area contributed by atoms with E-state index in [-0.39, 0.29) is 6.10 Å². The van der Waals surface area contributed by atoms with Crippen molar-refractivity contribution < 1.29 is 4.74 Å². The van der Waals surface area contributed by atoms with Crippen LogP contribution in [0.3, 0.4) is 0 Å². The van der Waals surface area contributed by atoms with E-state index in [9.17, 15) is 0 Å². The van der Waals surface area contributed by atoms with E-state index in [1.807, 2.05) is 18.2 Å². The maximum absolute atomic E-state index is 5.90. The molecule has 2 N–H and O–H groups in total. The first-order valence-corrected chi connectivity index (χ1v) is 6.58. The highest BCUT2D eigenvalue weighted by Crippen LogP contribution is 2.33. The molecule has 1 unspecified atom stereocenters. The minimum absolute atomic E-state index is 0.126. The normalized spacial score (nSPS) is 17.4. The van der Waals surface area contributed by atoms with Crippen LogP contribution >= 0.6 is 0 Å². The Balaban J connectivity index is 1.88. The monoisotopic (exact) mass is 251 g/mol. The summed E-state index contributed by atoms with van der Waals surface area (Å²) in [6.45, 7) is 0.566. The van der Waals surface area contributed by atoms with Gasteiger partial charge in [0.1, 0.15) is 11.9 Å². The Labute approximate surface area is 113 Å². The summed E-state index contributed by atoms with van der Waals surface area (Å²) in [7, 11) is 0. The fourth-order valence-corrected chi connectivity index (χ4v) is 2.38. The fourth-order valence-electron chi connectivity index (χ4n) is 2.38. The number of ether oxygens (including phenoxy) is 1. The summed E-state index contributed by atoms with van der Waals surface area (Å²) in [5.41, 5.74) is 9.25. The third-order valence-electron chi connectivity index (χ3n) is 3.38. The number of nitrogens with two attached hydrogens (primary N) is 1. The first-order valence-electron chi connectivity index (χ1n) is 6.58. The molecule has 2 aromatic rings. The molecular weight excluding hydrogens is 234 g/mol. The summed E-state index contributed by atoms with van der Waals surface area (Å²) in [5.74, 6) is 0.991. The summed E-state index contributed by atoms with van der Waals surface area (Å²) in [6.07, 6.45) is 5.25. The van der Waals surface area contributed by atoms with Crippen LogP contribution in [0.2, 0.25) is 0 Å². The van der Waals surface area contributed by atoms with Crippen LogP contribution in [0.5, 0.6) is 5.75 Å². The van der Waals surface area contributed by atoms with Gasteiger partial charge in [-0.2, -0.15) is 0 Å². The first-order chi connectivity index (χ1) is 9.36. The Hall–Kier alpha value is -2.06. The second-order valence-electron chi connectivity index (χ2n) is 4.76. The molecule has 0 amide bonds. The van der Waals surface area contributed by atoms with Gasteiger partial charge >= 0.3 is 0 Å². The molecule has 19 heavy (non-hydrogen) atoms. The number of hydrogen-bond acceptors (Lipinski definition) is 2. The van der Waals surface area contributed by atoms with Crippen molar-refractivity contribution in [3.63, 3.8) is 0 Å². The number of para-hydroxylation sites is 1. The van der Waals surface area contributed by atoms with Gasteiger partial charge in [-0.3, -0.25) is 0 Å². The number of rotatable bonds is 3. The van der Waals surface area contributed by atoms with Crippen LogP contribution in [0.25, 0.3) is 12.2 Å². The zero-order chi connectivity index (χ0) is 13.1. The maximum Gasteiger partial charge on any atom is 0.130 e. The summed E-state index contributed by atoms with van der Waals surface area (Å²) >= 11 is 0. The van der Waals surface area contributed by atoms with E-state index in [4.69, 9.17) is 10.5 Å². The molecule has 1 aliphatic rings.